The zero-order valence-electron chi connectivity index (χ0n) is 18.8. The minimum absolute atomic E-state index is 0.00699. The number of para-hydroxylation sites is 3. The number of nitrogens with one attached hydrogen (secondary N) is 1. The quantitative estimate of drug-likeness (QED) is 0.255. The molecule has 5 nitrogen and oxygen atoms in total. The predicted octanol–water partition coefficient (Wildman–Crippen LogP) is 6.10. The summed E-state index contributed by atoms with van der Waals surface area (Å²) in [5.74, 6) is 1.73. The van der Waals surface area contributed by atoms with Gasteiger partial charge in [-0.25, -0.2) is 4.98 Å². The maximum absolute atomic E-state index is 12.2. The second-order valence-corrected chi connectivity index (χ2v) is 8.90. The van der Waals surface area contributed by atoms with E-state index in [0.29, 0.717) is 35.4 Å². The van der Waals surface area contributed by atoms with Gasteiger partial charge in [-0.15, -0.1) is 0 Å². The third-order valence-corrected chi connectivity index (χ3v) is 6.10. The molecule has 3 aromatic carbocycles. The Balaban J connectivity index is 1.29. The van der Waals surface area contributed by atoms with Crippen molar-refractivity contribution in [3.8, 4) is 5.75 Å². The molecule has 1 aromatic heterocycles. The topological polar surface area (TPSA) is 56.2 Å². The first-order chi connectivity index (χ1) is 16.6. The van der Waals surface area contributed by atoms with Gasteiger partial charge < -0.3 is 14.6 Å². The van der Waals surface area contributed by atoms with Crippen LogP contribution in [-0.2, 0) is 24.2 Å². The van der Waals surface area contributed by atoms with Crippen LogP contribution in [0.4, 0.5) is 0 Å². The lowest BCUT2D eigenvalue weighted by Gasteiger charge is -2.11. The number of amides is 1. The highest BCUT2D eigenvalue weighted by Gasteiger charge is 2.11. The average molecular weight is 496 g/mol. The van der Waals surface area contributed by atoms with E-state index >= 15 is 0 Å². The van der Waals surface area contributed by atoms with E-state index in [-0.39, 0.29) is 5.91 Å². The van der Waals surface area contributed by atoms with E-state index in [1.165, 1.54) is 0 Å². The minimum Gasteiger partial charge on any atom is -0.492 e. The van der Waals surface area contributed by atoms with E-state index in [0.717, 1.165) is 48.2 Å². The van der Waals surface area contributed by atoms with Crippen molar-refractivity contribution in [2.45, 2.75) is 32.2 Å². The molecule has 0 saturated heterocycles. The Morgan fingerprint density at radius 2 is 1.71 bits per heavy atom. The number of nitrogens with zero attached hydrogens (tertiary/aromatic N) is 2. The number of carbonyl (C=O) groups excluding carboxylic acids is 1. The number of ether oxygens (including phenoxy) is 1. The highest BCUT2D eigenvalue weighted by molar-refractivity contribution is 6.32. The number of hydrogen-bond acceptors (Lipinski definition) is 3. The van der Waals surface area contributed by atoms with Gasteiger partial charge in [0, 0.05) is 24.5 Å². The molecule has 1 N–H and O–H groups in total. The zero-order chi connectivity index (χ0) is 23.8. The summed E-state index contributed by atoms with van der Waals surface area (Å²) in [4.78, 5) is 17.1. The fourth-order valence-electron chi connectivity index (χ4n) is 3.86. The fourth-order valence-corrected chi connectivity index (χ4v) is 4.17. The molecule has 0 aliphatic rings. The van der Waals surface area contributed by atoms with Crippen molar-refractivity contribution >= 4 is 40.1 Å². The van der Waals surface area contributed by atoms with E-state index in [1.807, 2.05) is 54.6 Å². The maximum Gasteiger partial charge on any atom is 0.224 e. The van der Waals surface area contributed by atoms with Gasteiger partial charge in [-0.05, 0) is 54.8 Å². The van der Waals surface area contributed by atoms with E-state index in [9.17, 15) is 4.79 Å². The lowest BCUT2D eigenvalue weighted by molar-refractivity contribution is -0.120. The summed E-state index contributed by atoms with van der Waals surface area (Å²) in [6.45, 7) is 1.96. The van der Waals surface area contributed by atoms with Gasteiger partial charge in [0.2, 0.25) is 5.91 Å². The van der Waals surface area contributed by atoms with Crippen LogP contribution in [0.25, 0.3) is 11.0 Å². The number of benzene rings is 3. The van der Waals surface area contributed by atoms with E-state index < -0.39 is 0 Å². The van der Waals surface area contributed by atoms with Crippen LogP contribution in [0.1, 0.15) is 24.2 Å². The molecule has 4 rings (SSSR count). The van der Waals surface area contributed by atoms with Crippen molar-refractivity contribution in [2.75, 3.05) is 13.2 Å². The van der Waals surface area contributed by atoms with Crippen molar-refractivity contribution in [2.24, 2.45) is 0 Å². The Bertz CT molecular complexity index is 1240. The molecule has 0 unspecified atom stereocenters. The zero-order valence-corrected chi connectivity index (χ0v) is 20.4. The molecule has 0 fully saturated rings. The summed E-state index contributed by atoms with van der Waals surface area (Å²) in [5.41, 5.74) is 3.04. The normalized spacial score (nSPS) is 11.0. The summed E-state index contributed by atoms with van der Waals surface area (Å²) in [5, 5.41) is 4.29. The molecule has 4 aromatic rings. The van der Waals surface area contributed by atoms with Gasteiger partial charge in [0.25, 0.3) is 0 Å². The maximum atomic E-state index is 12.2. The Labute approximate surface area is 209 Å². The first-order valence-corrected chi connectivity index (χ1v) is 12.2. The van der Waals surface area contributed by atoms with E-state index in [2.05, 4.69) is 16.0 Å². The van der Waals surface area contributed by atoms with E-state index in [1.54, 1.807) is 12.1 Å². The van der Waals surface area contributed by atoms with Gasteiger partial charge in [0.05, 0.1) is 29.1 Å². The Morgan fingerprint density at radius 1 is 0.941 bits per heavy atom. The third-order valence-electron chi connectivity index (χ3n) is 5.53. The summed E-state index contributed by atoms with van der Waals surface area (Å²) in [7, 11) is 0. The molecule has 0 aliphatic carbocycles. The van der Waals surface area contributed by atoms with Crippen LogP contribution in [0, 0.1) is 0 Å². The summed E-state index contributed by atoms with van der Waals surface area (Å²) < 4.78 is 8.10. The number of hydrogen-bond donors (Lipinski definition) is 1. The Hall–Kier alpha value is -3.02. The van der Waals surface area contributed by atoms with Gasteiger partial charge in [0.1, 0.15) is 11.6 Å². The molecule has 1 heterocycles. The lowest BCUT2D eigenvalue weighted by Crippen LogP contribution is -2.26. The van der Waals surface area contributed by atoms with Gasteiger partial charge in [-0.3, -0.25) is 4.79 Å². The largest absolute Gasteiger partial charge is 0.492 e. The van der Waals surface area contributed by atoms with Gasteiger partial charge in [-0.2, -0.15) is 0 Å². The van der Waals surface area contributed by atoms with Gasteiger partial charge >= 0.3 is 0 Å². The standard InChI is InChI=1S/C27H27Cl2N3O2/c28-21-14-12-20(13-15-21)19-27(33)30-16-5-11-26-31-23-8-2-3-9-24(23)32(26)17-6-18-34-25-10-4-1-7-22(25)29/h1-4,7-10,12-15H,5-6,11,16-19H2,(H,30,33). The number of carbonyl (C=O) groups is 1. The molecule has 34 heavy (non-hydrogen) atoms. The summed E-state index contributed by atoms with van der Waals surface area (Å²) in [6.07, 6.45) is 2.77. The smallest absolute Gasteiger partial charge is 0.224 e. The first kappa shape index (κ1) is 24.1. The van der Waals surface area contributed by atoms with Crippen LogP contribution in [0.3, 0.4) is 0 Å². The molecule has 0 spiro atoms. The number of imidazole rings is 1. The van der Waals surface area contributed by atoms with Crippen molar-refractivity contribution in [1.82, 2.24) is 14.9 Å². The van der Waals surface area contributed by atoms with Crippen molar-refractivity contribution < 1.29 is 9.53 Å². The van der Waals surface area contributed by atoms with Gasteiger partial charge in [-0.1, -0.05) is 59.6 Å². The molecule has 0 atom stereocenters. The highest BCUT2D eigenvalue weighted by atomic mass is 35.5. The predicted molar refractivity (Wildman–Crippen MR) is 138 cm³/mol. The van der Waals surface area contributed by atoms with E-state index in [4.69, 9.17) is 32.9 Å². The molecule has 176 valence electrons. The van der Waals surface area contributed by atoms with Crippen LogP contribution in [0.5, 0.6) is 5.75 Å². The Kier molecular flexibility index (Phi) is 8.45. The highest BCUT2D eigenvalue weighted by Crippen LogP contribution is 2.23. The van der Waals surface area contributed by atoms with Crippen LogP contribution in [0.15, 0.2) is 72.8 Å². The number of halogens is 2. The second kappa shape index (κ2) is 11.9. The number of aromatic nitrogens is 2. The van der Waals surface area contributed by atoms with Crippen LogP contribution < -0.4 is 10.1 Å². The van der Waals surface area contributed by atoms with Crippen LogP contribution in [0.2, 0.25) is 10.0 Å². The lowest BCUT2D eigenvalue weighted by atomic mass is 10.1. The molecule has 0 saturated carbocycles. The SMILES string of the molecule is O=C(Cc1ccc(Cl)cc1)NCCCc1nc2ccccc2n1CCCOc1ccccc1Cl. The molecular weight excluding hydrogens is 469 g/mol. The monoisotopic (exact) mass is 495 g/mol. The molecule has 7 heteroatoms. The molecular formula is C27H27Cl2N3O2. The first-order valence-electron chi connectivity index (χ1n) is 11.4. The minimum atomic E-state index is 0.00699. The van der Waals surface area contributed by atoms with Crippen LogP contribution >= 0.6 is 23.2 Å². The summed E-state index contributed by atoms with van der Waals surface area (Å²) >= 11 is 12.1. The molecule has 0 aliphatic heterocycles. The number of aryl methyl sites for hydroxylation is 2. The van der Waals surface area contributed by atoms with Crippen molar-refractivity contribution in [1.29, 1.82) is 0 Å². The van der Waals surface area contributed by atoms with Crippen LogP contribution in [-0.4, -0.2) is 28.6 Å². The number of rotatable bonds is 11. The molecule has 0 bridgehead atoms. The van der Waals surface area contributed by atoms with Crippen molar-refractivity contribution in [3.05, 3.63) is 94.2 Å². The molecule has 0 radical (unpaired) electrons. The fraction of sp³-hybridized carbons (Fsp3) is 0.259. The third kappa shape index (κ3) is 6.52. The summed E-state index contributed by atoms with van der Waals surface area (Å²) in [6, 6.07) is 23.0. The second-order valence-electron chi connectivity index (χ2n) is 8.06. The number of fused-ring (bicyclic) bond motifs is 1. The van der Waals surface area contributed by atoms with Crippen molar-refractivity contribution in [3.63, 3.8) is 0 Å². The van der Waals surface area contributed by atoms with Gasteiger partial charge in [0.15, 0.2) is 0 Å². The average Bonchev–Trinajstić information content (AvgIpc) is 3.19. The molecule has 1 amide bonds. The Morgan fingerprint density at radius 3 is 2.53 bits per heavy atom.